The summed E-state index contributed by atoms with van der Waals surface area (Å²) in [6, 6.07) is 11.8. The Morgan fingerprint density at radius 3 is 2.71 bits per heavy atom. The smallest absolute Gasteiger partial charge is 0.266 e. The van der Waals surface area contributed by atoms with Crippen LogP contribution in [0.5, 0.6) is 0 Å². The number of benzene rings is 2. The highest BCUT2D eigenvalue weighted by Gasteiger charge is 2.19. The molecule has 0 aliphatic heterocycles. The molecule has 0 spiro atoms. The number of hydrogen-bond acceptors (Lipinski definition) is 4. The zero-order valence-electron chi connectivity index (χ0n) is 11.8. The third-order valence-electron chi connectivity index (χ3n) is 3.69. The van der Waals surface area contributed by atoms with E-state index in [0.717, 1.165) is 33.2 Å². The first-order valence-corrected chi connectivity index (χ1v) is 6.78. The Hall–Kier alpha value is -2.75. The molecule has 0 fully saturated rings. The zero-order chi connectivity index (χ0) is 14.6. The number of nitrogens with zero attached hydrogens (tertiary/aromatic N) is 1. The Morgan fingerprint density at radius 1 is 1.05 bits per heavy atom. The first kappa shape index (κ1) is 12.0. The molecule has 0 unspecified atom stereocenters. The van der Waals surface area contributed by atoms with Gasteiger partial charge in [0.25, 0.3) is 5.89 Å². The lowest BCUT2D eigenvalue weighted by atomic mass is 10.1. The van der Waals surface area contributed by atoms with E-state index in [4.69, 9.17) is 14.6 Å². The van der Waals surface area contributed by atoms with Crippen LogP contribution in [0.3, 0.4) is 0 Å². The van der Waals surface area contributed by atoms with Gasteiger partial charge in [-0.1, -0.05) is 18.2 Å². The molecular weight excluding hydrogens is 264 g/mol. The number of nitrogen functional groups attached to an aromatic ring is 1. The predicted octanol–water partition coefficient (Wildman–Crippen LogP) is 4.44. The van der Waals surface area contributed by atoms with Crippen LogP contribution in [0.15, 0.2) is 45.2 Å². The number of aromatic nitrogens is 1. The van der Waals surface area contributed by atoms with E-state index in [2.05, 4.69) is 4.98 Å². The highest BCUT2D eigenvalue weighted by Crippen LogP contribution is 2.37. The van der Waals surface area contributed by atoms with E-state index in [0.29, 0.717) is 17.3 Å². The number of hydrogen-bond donors (Lipinski definition) is 1. The maximum Gasteiger partial charge on any atom is 0.266 e. The SMILES string of the molecule is Cc1ccc2nc(-c3oc4c(C)cccc4c3N)oc2c1. The molecule has 2 N–H and O–H groups in total. The molecule has 4 rings (SSSR count). The summed E-state index contributed by atoms with van der Waals surface area (Å²) in [5.74, 6) is 0.914. The molecule has 104 valence electrons. The minimum Gasteiger partial charge on any atom is -0.448 e. The maximum absolute atomic E-state index is 6.20. The van der Waals surface area contributed by atoms with Crippen LogP contribution in [-0.2, 0) is 0 Å². The molecule has 0 bridgehead atoms. The lowest BCUT2D eigenvalue weighted by Gasteiger charge is -1.91. The fraction of sp³-hybridized carbons (Fsp3) is 0.118. The molecule has 0 aliphatic carbocycles. The molecule has 2 aromatic heterocycles. The molecule has 0 aliphatic rings. The lowest BCUT2D eigenvalue weighted by Crippen LogP contribution is -1.85. The van der Waals surface area contributed by atoms with Crippen molar-refractivity contribution in [1.29, 1.82) is 0 Å². The van der Waals surface area contributed by atoms with Gasteiger partial charge < -0.3 is 14.6 Å². The molecule has 0 atom stereocenters. The minimum atomic E-state index is 0.420. The molecule has 0 saturated heterocycles. The van der Waals surface area contributed by atoms with Crippen molar-refractivity contribution >= 4 is 27.8 Å². The van der Waals surface area contributed by atoms with Crippen LogP contribution in [0.25, 0.3) is 33.7 Å². The average molecular weight is 278 g/mol. The van der Waals surface area contributed by atoms with Crippen LogP contribution < -0.4 is 5.73 Å². The number of fused-ring (bicyclic) bond motifs is 2. The van der Waals surface area contributed by atoms with Gasteiger partial charge >= 0.3 is 0 Å². The molecule has 2 heterocycles. The molecular formula is C17H14N2O2. The topological polar surface area (TPSA) is 65.2 Å². The monoisotopic (exact) mass is 278 g/mol. The highest BCUT2D eigenvalue weighted by atomic mass is 16.4. The molecule has 0 saturated carbocycles. The first-order valence-electron chi connectivity index (χ1n) is 6.78. The first-order chi connectivity index (χ1) is 10.1. The van der Waals surface area contributed by atoms with Crippen LogP contribution in [0.2, 0.25) is 0 Å². The molecule has 0 radical (unpaired) electrons. The van der Waals surface area contributed by atoms with Crippen LogP contribution in [0, 0.1) is 13.8 Å². The number of anilines is 1. The van der Waals surface area contributed by atoms with E-state index < -0.39 is 0 Å². The van der Waals surface area contributed by atoms with E-state index in [9.17, 15) is 0 Å². The number of furan rings is 1. The minimum absolute atomic E-state index is 0.420. The third kappa shape index (κ3) is 1.72. The van der Waals surface area contributed by atoms with Crippen LogP contribution in [-0.4, -0.2) is 4.98 Å². The molecule has 4 aromatic rings. The van der Waals surface area contributed by atoms with Gasteiger partial charge in [-0.3, -0.25) is 0 Å². The van der Waals surface area contributed by atoms with Gasteiger partial charge in [-0.05, 0) is 43.2 Å². The summed E-state index contributed by atoms with van der Waals surface area (Å²) in [6.07, 6.45) is 0. The van der Waals surface area contributed by atoms with Crippen molar-refractivity contribution in [3.8, 4) is 11.7 Å². The second-order valence-electron chi connectivity index (χ2n) is 5.29. The Morgan fingerprint density at radius 2 is 1.90 bits per heavy atom. The van der Waals surface area contributed by atoms with Gasteiger partial charge in [0.05, 0.1) is 5.69 Å². The van der Waals surface area contributed by atoms with Crippen LogP contribution in [0.1, 0.15) is 11.1 Å². The number of aryl methyl sites for hydroxylation is 2. The Labute approximate surface area is 121 Å². The largest absolute Gasteiger partial charge is 0.448 e. The van der Waals surface area contributed by atoms with Crippen molar-refractivity contribution < 1.29 is 8.83 Å². The van der Waals surface area contributed by atoms with E-state index in [-0.39, 0.29) is 0 Å². The number of nitrogens with two attached hydrogens (primary N) is 1. The third-order valence-corrected chi connectivity index (χ3v) is 3.69. The quantitative estimate of drug-likeness (QED) is 0.559. The van der Waals surface area contributed by atoms with Crippen molar-refractivity contribution in [2.45, 2.75) is 13.8 Å². The fourth-order valence-corrected chi connectivity index (χ4v) is 2.57. The lowest BCUT2D eigenvalue weighted by molar-refractivity contribution is 0.559. The second-order valence-corrected chi connectivity index (χ2v) is 5.29. The Bertz CT molecular complexity index is 979. The van der Waals surface area contributed by atoms with Gasteiger partial charge in [-0.25, -0.2) is 4.98 Å². The van der Waals surface area contributed by atoms with Gasteiger partial charge in [-0.15, -0.1) is 0 Å². The molecule has 4 nitrogen and oxygen atoms in total. The Balaban J connectivity index is 1.99. The molecule has 4 heteroatoms. The summed E-state index contributed by atoms with van der Waals surface area (Å²) in [4.78, 5) is 4.47. The standard InChI is InChI=1S/C17H14N2O2/c1-9-6-7-12-13(8-9)20-17(19-12)16-14(18)11-5-3-4-10(2)15(11)21-16/h3-8H,18H2,1-2H3. The summed E-state index contributed by atoms with van der Waals surface area (Å²) in [5.41, 5.74) is 11.2. The van der Waals surface area contributed by atoms with E-state index in [1.807, 2.05) is 50.2 Å². The summed E-state index contributed by atoms with van der Waals surface area (Å²) in [5, 5.41) is 0.892. The van der Waals surface area contributed by atoms with Crippen LogP contribution >= 0.6 is 0 Å². The van der Waals surface area contributed by atoms with Gasteiger partial charge in [0.1, 0.15) is 11.1 Å². The van der Waals surface area contributed by atoms with Crippen molar-refractivity contribution in [3.05, 3.63) is 47.5 Å². The fourth-order valence-electron chi connectivity index (χ4n) is 2.57. The van der Waals surface area contributed by atoms with Gasteiger partial charge in [0.2, 0.25) is 5.76 Å². The summed E-state index contributed by atoms with van der Waals surface area (Å²) in [7, 11) is 0. The van der Waals surface area contributed by atoms with Gasteiger partial charge in [0.15, 0.2) is 5.58 Å². The number of para-hydroxylation sites is 1. The predicted molar refractivity (Wildman–Crippen MR) is 83.1 cm³/mol. The highest BCUT2D eigenvalue weighted by molar-refractivity contribution is 5.98. The molecule has 21 heavy (non-hydrogen) atoms. The summed E-state index contributed by atoms with van der Waals surface area (Å²) >= 11 is 0. The second kappa shape index (κ2) is 4.12. The number of oxazole rings is 1. The van der Waals surface area contributed by atoms with E-state index >= 15 is 0 Å². The molecule has 2 aromatic carbocycles. The van der Waals surface area contributed by atoms with Gasteiger partial charge in [0, 0.05) is 5.39 Å². The van der Waals surface area contributed by atoms with E-state index in [1.165, 1.54) is 0 Å². The normalized spacial score (nSPS) is 11.5. The number of rotatable bonds is 1. The van der Waals surface area contributed by atoms with Crippen LogP contribution in [0.4, 0.5) is 5.69 Å². The maximum atomic E-state index is 6.20. The summed E-state index contributed by atoms with van der Waals surface area (Å²) < 4.78 is 11.7. The average Bonchev–Trinajstić information content (AvgIpc) is 3.01. The Kier molecular flexibility index (Phi) is 2.36. The van der Waals surface area contributed by atoms with E-state index in [1.54, 1.807) is 0 Å². The van der Waals surface area contributed by atoms with Crippen molar-refractivity contribution in [3.63, 3.8) is 0 Å². The van der Waals surface area contributed by atoms with Gasteiger partial charge in [-0.2, -0.15) is 0 Å². The molecule has 0 amide bonds. The summed E-state index contributed by atoms with van der Waals surface area (Å²) in [6.45, 7) is 4.00. The van der Waals surface area contributed by atoms with Crippen molar-refractivity contribution in [2.75, 3.05) is 5.73 Å². The van der Waals surface area contributed by atoms with Crippen molar-refractivity contribution in [1.82, 2.24) is 4.98 Å². The zero-order valence-corrected chi connectivity index (χ0v) is 11.8. The van der Waals surface area contributed by atoms with Crippen molar-refractivity contribution in [2.24, 2.45) is 0 Å².